The van der Waals surface area contributed by atoms with Gasteiger partial charge < -0.3 is 15.1 Å². The Morgan fingerprint density at radius 2 is 1.88 bits per heavy atom. The van der Waals surface area contributed by atoms with Crippen molar-refractivity contribution in [3.63, 3.8) is 0 Å². The van der Waals surface area contributed by atoms with E-state index in [1.165, 1.54) is 16.8 Å². The molecule has 140 valence electrons. The minimum Gasteiger partial charge on any atom is -0.368 e. The predicted octanol–water partition coefficient (Wildman–Crippen LogP) is 3.21. The van der Waals surface area contributed by atoms with Gasteiger partial charge >= 0.3 is 0 Å². The van der Waals surface area contributed by atoms with Crippen LogP contribution in [0, 0.1) is 13.8 Å². The fraction of sp³-hybridized carbons (Fsp3) is 0.400. The van der Waals surface area contributed by atoms with E-state index in [-0.39, 0.29) is 24.0 Å². The van der Waals surface area contributed by atoms with Crippen LogP contribution in [0.5, 0.6) is 0 Å². The average Bonchev–Trinajstić information content (AvgIpc) is 2.64. The van der Waals surface area contributed by atoms with Crippen LogP contribution in [-0.2, 0) is 6.54 Å². The van der Waals surface area contributed by atoms with Crippen molar-refractivity contribution in [3.8, 4) is 0 Å². The summed E-state index contributed by atoms with van der Waals surface area (Å²) in [7, 11) is 1.85. The quantitative estimate of drug-likeness (QED) is 0.430. The van der Waals surface area contributed by atoms with Crippen LogP contribution in [0.15, 0.2) is 47.6 Å². The minimum absolute atomic E-state index is 0. The summed E-state index contributed by atoms with van der Waals surface area (Å²) in [5.74, 6) is 0.953. The van der Waals surface area contributed by atoms with Gasteiger partial charge in [-0.1, -0.05) is 18.2 Å². The van der Waals surface area contributed by atoms with E-state index in [4.69, 9.17) is 0 Å². The summed E-state index contributed by atoms with van der Waals surface area (Å²) in [5.41, 5.74) is 4.90. The van der Waals surface area contributed by atoms with Gasteiger partial charge in [-0.3, -0.25) is 9.98 Å². The zero-order valence-electron chi connectivity index (χ0n) is 15.8. The number of anilines is 1. The molecule has 0 bridgehead atoms. The van der Waals surface area contributed by atoms with Crippen molar-refractivity contribution >= 4 is 35.6 Å². The van der Waals surface area contributed by atoms with E-state index in [1.807, 2.05) is 19.3 Å². The van der Waals surface area contributed by atoms with Crippen LogP contribution in [0.4, 0.5) is 5.69 Å². The van der Waals surface area contributed by atoms with Crippen molar-refractivity contribution in [2.24, 2.45) is 4.99 Å². The molecule has 0 atom stereocenters. The van der Waals surface area contributed by atoms with Crippen molar-refractivity contribution in [3.05, 3.63) is 59.4 Å². The number of hydrogen-bond donors (Lipinski definition) is 1. The molecular weight excluding hydrogens is 437 g/mol. The Hall–Kier alpha value is -1.83. The number of rotatable bonds is 3. The van der Waals surface area contributed by atoms with E-state index in [2.05, 4.69) is 69.3 Å². The summed E-state index contributed by atoms with van der Waals surface area (Å²) in [6.07, 6.45) is 1.84. The van der Waals surface area contributed by atoms with Gasteiger partial charge in [0.2, 0.25) is 0 Å². The van der Waals surface area contributed by atoms with Gasteiger partial charge in [-0.05, 0) is 43.2 Å². The average molecular weight is 465 g/mol. The van der Waals surface area contributed by atoms with Crippen LogP contribution >= 0.6 is 24.0 Å². The Bertz CT molecular complexity index is 738. The summed E-state index contributed by atoms with van der Waals surface area (Å²) in [5, 5.41) is 3.45. The molecule has 2 aromatic rings. The highest BCUT2D eigenvalue weighted by atomic mass is 127. The van der Waals surface area contributed by atoms with Crippen molar-refractivity contribution < 1.29 is 0 Å². The van der Waals surface area contributed by atoms with Crippen molar-refractivity contribution in [2.45, 2.75) is 20.4 Å². The zero-order chi connectivity index (χ0) is 17.6. The number of piperazine rings is 1. The highest BCUT2D eigenvalue weighted by Gasteiger charge is 2.20. The summed E-state index contributed by atoms with van der Waals surface area (Å²) in [4.78, 5) is 13.7. The molecule has 0 aliphatic carbocycles. The highest BCUT2D eigenvalue weighted by molar-refractivity contribution is 14.0. The lowest BCUT2D eigenvalue weighted by atomic mass is 10.2. The minimum atomic E-state index is 0. The lowest BCUT2D eigenvalue weighted by Gasteiger charge is -2.37. The maximum Gasteiger partial charge on any atom is 0.194 e. The Balaban J connectivity index is 0.00000243. The van der Waals surface area contributed by atoms with Crippen LogP contribution in [0.25, 0.3) is 0 Å². The van der Waals surface area contributed by atoms with E-state index in [1.54, 1.807) is 0 Å². The van der Waals surface area contributed by atoms with Crippen molar-refractivity contribution in [1.82, 2.24) is 15.2 Å². The smallest absolute Gasteiger partial charge is 0.194 e. The molecule has 2 heterocycles. The van der Waals surface area contributed by atoms with Gasteiger partial charge in [-0.25, -0.2) is 0 Å². The van der Waals surface area contributed by atoms with Gasteiger partial charge in [0.25, 0.3) is 0 Å². The fourth-order valence-corrected chi connectivity index (χ4v) is 3.20. The summed E-state index contributed by atoms with van der Waals surface area (Å²) >= 11 is 0. The first-order valence-electron chi connectivity index (χ1n) is 8.85. The van der Waals surface area contributed by atoms with Crippen LogP contribution < -0.4 is 10.2 Å². The van der Waals surface area contributed by atoms with Gasteiger partial charge in [0.05, 0.1) is 12.2 Å². The molecule has 1 aliphatic heterocycles. The zero-order valence-corrected chi connectivity index (χ0v) is 18.1. The van der Waals surface area contributed by atoms with Gasteiger partial charge in [-0.15, -0.1) is 24.0 Å². The molecule has 1 aliphatic rings. The van der Waals surface area contributed by atoms with Crippen molar-refractivity contribution in [2.75, 3.05) is 38.1 Å². The number of pyridine rings is 1. The van der Waals surface area contributed by atoms with E-state index in [0.29, 0.717) is 6.54 Å². The third kappa shape index (κ3) is 5.09. The number of hydrogen-bond acceptors (Lipinski definition) is 3. The Kier molecular flexibility index (Phi) is 7.68. The number of aromatic nitrogens is 1. The Morgan fingerprint density at radius 1 is 1.12 bits per heavy atom. The monoisotopic (exact) mass is 465 g/mol. The molecule has 0 radical (unpaired) electrons. The van der Waals surface area contributed by atoms with Gasteiger partial charge in [0, 0.05) is 45.1 Å². The first-order valence-corrected chi connectivity index (χ1v) is 8.85. The van der Waals surface area contributed by atoms with Crippen LogP contribution in [0.3, 0.4) is 0 Å². The molecule has 1 aromatic heterocycles. The molecule has 5 nitrogen and oxygen atoms in total. The second kappa shape index (κ2) is 9.75. The molecule has 1 saturated heterocycles. The third-order valence-electron chi connectivity index (χ3n) is 4.69. The number of nitrogens with zero attached hydrogens (tertiary/aromatic N) is 4. The van der Waals surface area contributed by atoms with Gasteiger partial charge in [-0.2, -0.15) is 0 Å². The second-order valence-electron chi connectivity index (χ2n) is 6.48. The largest absolute Gasteiger partial charge is 0.368 e. The number of aryl methyl sites for hydroxylation is 2. The highest BCUT2D eigenvalue weighted by Crippen LogP contribution is 2.17. The molecule has 1 N–H and O–H groups in total. The molecule has 1 aromatic carbocycles. The third-order valence-corrected chi connectivity index (χ3v) is 4.69. The molecule has 3 rings (SSSR count). The van der Waals surface area contributed by atoms with E-state index >= 15 is 0 Å². The fourth-order valence-electron chi connectivity index (χ4n) is 3.20. The van der Waals surface area contributed by atoms with Gasteiger partial charge in [0.15, 0.2) is 5.96 Å². The summed E-state index contributed by atoms with van der Waals surface area (Å²) in [6, 6.07) is 12.8. The maximum absolute atomic E-state index is 4.45. The molecule has 0 amide bonds. The lowest BCUT2D eigenvalue weighted by Crippen LogP contribution is -2.52. The number of nitrogens with one attached hydrogen (secondary N) is 1. The SMILES string of the molecule is CN=C(NCc1ncccc1C)N1CCN(c2cccc(C)c2)CC1.I. The molecule has 0 saturated carbocycles. The normalized spacial score (nSPS) is 14.8. The lowest BCUT2D eigenvalue weighted by molar-refractivity contribution is 0.372. The molecular formula is C20H28IN5. The summed E-state index contributed by atoms with van der Waals surface area (Å²) < 4.78 is 0. The molecule has 26 heavy (non-hydrogen) atoms. The first kappa shape index (κ1) is 20.5. The van der Waals surface area contributed by atoms with Gasteiger partial charge in [0.1, 0.15) is 0 Å². The standard InChI is InChI=1S/C20H27N5.HI/c1-16-6-4-8-18(14-16)24-10-12-25(13-11-24)20(21-3)23-15-19-17(2)7-5-9-22-19;/h4-9,14H,10-13,15H2,1-3H3,(H,21,23);1H. The molecule has 1 fully saturated rings. The van der Waals surface area contributed by atoms with Crippen LogP contribution in [0.2, 0.25) is 0 Å². The number of benzene rings is 1. The second-order valence-corrected chi connectivity index (χ2v) is 6.48. The maximum atomic E-state index is 4.45. The van der Waals surface area contributed by atoms with E-state index in [0.717, 1.165) is 37.8 Å². The Labute approximate surface area is 173 Å². The predicted molar refractivity (Wildman–Crippen MR) is 120 cm³/mol. The van der Waals surface area contributed by atoms with E-state index in [9.17, 15) is 0 Å². The number of aliphatic imine (C=N–C) groups is 1. The van der Waals surface area contributed by atoms with E-state index < -0.39 is 0 Å². The Morgan fingerprint density at radius 3 is 2.54 bits per heavy atom. The summed E-state index contributed by atoms with van der Waals surface area (Å²) in [6.45, 7) is 8.89. The van der Waals surface area contributed by atoms with Crippen molar-refractivity contribution in [1.29, 1.82) is 0 Å². The number of guanidine groups is 1. The number of halogens is 1. The first-order chi connectivity index (χ1) is 12.2. The molecule has 0 unspecified atom stereocenters. The van der Waals surface area contributed by atoms with Crippen LogP contribution in [0.1, 0.15) is 16.8 Å². The molecule has 0 spiro atoms. The molecule has 6 heteroatoms. The topological polar surface area (TPSA) is 43.8 Å². The van der Waals surface area contributed by atoms with Crippen LogP contribution in [-0.4, -0.2) is 49.1 Å².